The molecule has 3 aromatic rings. The van der Waals surface area contributed by atoms with E-state index in [1.807, 2.05) is 0 Å². The lowest BCUT2D eigenvalue weighted by molar-refractivity contribution is 0.0733. The Bertz CT molecular complexity index is 1250. The van der Waals surface area contributed by atoms with Crippen molar-refractivity contribution in [2.24, 2.45) is 5.92 Å². The maximum atomic E-state index is 14.6. The highest BCUT2D eigenvalue weighted by Gasteiger charge is 2.25. The molecule has 0 aliphatic carbocycles. The second-order valence-corrected chi connectivity index (χ2v) is 10.6. The molecule has 1 aliphatic rings. The lowest BCUT2D eigenvalue weighted by Crippen LogP contribution is -2.39. The van der Waals surface area contributed by atoms with E-state index in [1.165, 1.54) is 12.1 Å². The van der Waals surface area contributed by atoms with Gasteiger partial charge >= 0.3 is 0 Å². The van der Waals surface area contributed by atoms with Crippen LogP contribution in [-0.2, 0) is 13.1 Å². The van der Waals surface area contributed by atoms with Crippen molar-refractivity contribution in [2.75, 3.05) is 37.6 Å². The van der Waals surface area contributed by atoms with Crippen LogP contribution in [0.15, 0.2) is 55.1 Å². The second kappa shape index (κ2) is 13.5. The van der Waals surface area contributed by atoms with Gasteiger partial charge in [-0.2, -0.15) is 5.10 Å². The van der Waals surface area contributed by atoms with Crippen molar-refractivity contribution in [1.29, 1.82) is 0 Å². The number of halogens is 1. The molecule has 2 amide bonds. The van der Waals surface area contributed by atoms with Crippen molar-refractivity contribution in [2.45, 2.75) is 53.1 Å². The predicted octanol–water partition coefficient (Wildman–Crippen LogP) is 4.87. The van der Waals surface area contributed by atoms with Crippen LogP contribution in [0.1, 0.15) is 66.3 Å². The molecule has 0 unspecified atom stereocenters. The number of aryl methyl sites for hydroxylation is 1. The Kier molecular flexibility index (Phi) is 9.81. The van der Waals surface area contributed by atoms with Crippen molar-refractivity contribution >= 4 is 17.5 Å². The lowest BCUT2D eigenvalue weighted by Gasteiger charge is -2.32. The standard InChI is InChI=1S/C30H39FN6O2/c1-4-12-36-22-26(19-33-36)29(38)35-15-6-13-34(20-23(2)3)14-7-16-37(30(39)24-8-5-11-32-18-24)28-10-9-27(31)17-25(28)21-35/h5,8-11,17-19,22-23H,4,6-7,12-16,20-21H2,1-3H3. The summed E-state index contributed by atoms with van der Waals surface area (Å²) in [4.78, 5) is 37.4. The van der Waals surface area contributed by atoms with Crippen LogP contribution in [0.4, 0.5) is 10.1 Å². The fraction of sp³-hybridized carbons (Fsp3) is 0.467. The number of amides is 2. The third kappa shape index (κ3) is 7.50. The zero-order valence-corrected chi connectivity index (χ0v) is 23.2. The first-order chi connectivity index (χ1) is 18.9. The number of rotatable bonds is 6. The lowest BCUT2D eigenvalue weighted by atomic mass is 10.1. The smallest absolute Gasteiger partial charge is 0.259 e. The number of hydrogen-bond donors (Lipinski definition) is 0. The highest BCUT2D eigenvalue weighted by molar-refractivity contribution is 6.06. The summed E-state index contributed by atoms with van der Waals surface area (Å²) in [5, 5.41) is 4.34. The van der Waals surface area contributed by atoms with Crippen molar-refractivity contribution in [3.63, 3.8) is 0 Å². The molecule has 0 saturated carbocycles. The topological polar surface area (TPSA) is 74.6 Å². The zero-order chi connectivity index (χ0) is 27.8. The molecule has 4 rings (SSSR count). The zero-order valence-electron chi connectivity index (χ0n) is 23.2. The molecular weight excluding hydrogens is 495 g/mol. The highest BCUT2D eigenvalue weighted by atomic mass is 19.1. The summed E-state index contributed by atoms with van der Waals surface area (Å²) >= 11 is 0. The summed E-state index contributed by atoms with van der Waals surface area (Å²) in [5.41, 5.74) is 2.19. The van der Waals surface area contributed by atoms with Crippen LogP contribution in [0.5, 0.6) is 0 Å². The van der Waals surface area contributed by atoms with Crippen molar-refractivity contribution in [3.8, 4) is 0 Å². The van der Waals surface area contributed by atoms with Crippen LogP contribution in [0.2, 0.25) is 0 Å². The Morgan fingerprint density at radius 1 is 1.00 bits per heavy atom. The van der Waals surface area contributed by atoms with E-state index >= 15 is 0 Å². The Morgan fingerprint density at radius 3 is 2.51 bits per heavy atom. The molecule has 0 spiro atoms. The number of nitrogens with zero attached hydrogens (tertiary/aromatic N) is 6. The first-order valence-corrected chi connectivity index (χ1v) is 13.9. The maximum absolute atomic E-state index is 14.6. The molecular formula is C30H39FN6O2. The molecule has 2 aromatic heterocycles. The Morgan fingerprint density at radius 2 is 1.79 bits per heavy atom. The van der Waals surface area contributed by atoms with Crippen molar-refractivity contribution in [1.82, 2.24) is 24.6 Å². The summed E-state index contributed by atoms with van der Waals surface area (Å²) in [7, 11) is 0. The summed E-state index contributed by atoms with van der Waals surface area (Å²) in [6.07, 6.45) is 9.04. The molecule has 0 saturated heterocycles. The first-order valence-electron chi connectivity index (χ1n) is 13.9. The Labute approximate surface area is 230 Å². The molecule has 0 N–H and O–H groups in total. The van der Waals surface area contributed by atoms with Crippen LogP contribution >= 0.6 is 0 Å². The fourth-order valence-electron chi connectivity index (χ4n) is 5.13. The van der Waals surface area contributed by atoms with Crippen molar-refractivity contribution < 1.29 is 14.0 Å². The molecule has 0 radical (unpaired) electrons. The molecule has 1 aliphatic heterocycles. The van der Waals surface area contributed by atoms with Crippen LogP contribution in [-0.4, -0.2) is 69.1 Å². The summed E-state index contributed by atoms with van der Waals surface area (Å²) in [5.74, 6) is -0.245. The average molecular weight is 535 g/mol. The van der Waals surface area contributed by atoms with E-state index in [-0.39, 0.29) is 18.4 Å². The van der Waals surface area contributed by atoms with E-state index in [9.17, 15) is 14.0 Å². The summed E-state index contributed by atoms with van der Waals surface area (Å²) in [6.45, 7) is 11.0. The number of pyridine rings is 1. The first kappa shape index (κ1) is 28.4. The van der Waals surface area contributed by atoms with E-state index in [4.69, 9.17) is 0 Å². The number of carbonyl (C=O) groups excluding carboxylic acids is 2. The van der Waals surface area contributed by atoms with Gasteiger partial charge in [0, 0.05) is 57.0 Å². The highest BCUT2D eigenvalue weighted by Crippen LogP contribution is 2.27. The molecule has 0 fully saturated rings. The number of aromatic nitrogens is 3. The van der Waals surface area contributed by atoms with E-state index in [0.29, 0.717) is 41.4 Å². The fourth-order valence-corrected chi connectivity index (χ4v) is 5.13. The Hall–Kier alpha value is -3.59. The van der Waals surface area contributed by atoms with Gasteiger partial charge in [0.05, 0.1) is 17.3 Å². The minimum Gasteiger partial charge on any atom is -0.334 e. The van der Waals surface area contributed by atoms with Crippen LogP contribution in [0, 0.1) is 11.7 Å². The minimum atomic E-state index is -0.402. The molecule has 39 heavy (non-hydrogen) atoms. The molecule has 208 valence electrons. The van der Waals surface area contributed by atoms with Crippen molar-refractivity contribution in [3.05, 3.63) is 77.6 Å². The van der Waals surface area contributed by atoms with Gasteiger partial charge in [0.1, 0.15) is 5.82 Å². The van der Waals surface area contributed by atoms with E-state index in [0.717, 1.165) is 45.4 Å². The van der Waals surface area contributed by atoms with Gasteiger partial charge in [0.25, 0.3) is 11.8 Å². The second-order valence-electron chi connectivity index (χ2n) is 10.6. The van der Waals surface area contributed by atoms with E-state index < -0.39 is 5.82 Å². The summed E-state index contributed by atoms with van der Waals surface area (Å²) < 4.78 is 16.4. The summed E-state index contributed by atoms with van der Waals surface area (Å²) in [6, 6.07) is 7.94. The maximum Gasteiger partial charge on any atom is 0.259 e. The van der Waals surface area contributed by atoms with E-state index in [2.05, 4.69) is 35.8 Å². The Balaban J connectivity index is 1.72. The monoisotopic (exact) mass is 534 g/mol. The molecule has 8 nitrogen and oxygen atoms in total. The molecule has 9 heteroatoms. The SMILES string of the molecule is CCCn1cc(C(=O)N2CCCN(CC(C)C)CCCN(C(=O)c3cccnc3)c3ccc(F)cc3C2)cn1. The third-order valence-electron chi connectivity index (χ3n) is 6.85. The minimum absolute atomic E-state index is 0.148. The number of hydrogen-bond acceptors (Lipinski definition) is 5. The van der Waals surface area contributed by atoms with Gasteiger partial charge in [-0.1, -0.05) is 20.8 Å². The van der Waals surface area contributed by atoms with Crippen LogP contribution in [0.3, 0.4) is 0 Å². The van der Waals surface area contributed by atoms with Crippen LogP contribution in [0.25, 0.3) is 0 Å². The van der Waals surface area contributed by atoms with Crippen LogP contribution < -0.4 is 4.90 Å². The largest absolute Gasteiger partial charge is 0.334 e. The van der Waals surface area contributed by atoms with Gasteiger partial charge in [-0.25, -0.2) is 4.39 Å². The van der Waals surface area contributed by atoms with Gasteiger partial charge in [-0.15, -0.1) is 0 Å². The number of fused-ring (bicyclic) bond motifs is 1. The van der Waals surface area contributed by atoms with Gasteiger partial charge in [0.15, 0.2) is 0 Å². The molecule has 1 aromatic carbocycles. The number of benzene rings is 1. The molecule has 3 heterocycles. The molecule has 0 atom stereocenters. The number of carbonyl (C=O) groups is 2. The normalized spacial score (nSPS) is 15.5. The van der Waals surface area contributed by atoms with Gasteiger partial charge < -0.3 is 14.7 Å². The average Bonchev–Trinajstić information content (AvgIpc) is 3.38. The van der Waals surface area contributed by atoms with Gasteiger partial charge in [-0.05, 0) is 74.2 Å². The molecule has 0 bridgehead atoms. The third-order valence-corrected chi connectivity index (χ3v) is 6.85. The van der Waals surface area contributed by atoms with Gasteiger partial charge in [0.2, 0.25) is 0 Å². The predicted molar refractivity (Wildman–Crippen MR) is 150 cm³/mol. The number of anilines is 1. The quantitative estimate of drug-likeness (QED) is 0.451. The van der Waals surface area contributed by atoms with E-state index in [1.54, 1.807) is 57.5 Å². The van der Waals surface area contributed by atoms with Gasteiger partial charge in [-0.3, -0.25) is 19.3 Å².